The second-order valence-electron chi connectivity index (χ2n) is 10.1. The molecule has 0 saturated heterocycles. The van der Waals surface area contributed by atoms with Crippen LogP contribution in [0.5, 0.6) is 5.75 Å². The molecule has 2 aromatic carbocycles. The average Bonchev–Trinajstić information content (AvgIpc) is 2.89. The van der Waals surface area contributed by atoms with E-state index in [-0.39, 0.29) is 29.9 Å². The Morgan fingerprint density at radius 1 is 0.882 bits per heavy atom. The van der Waals surface area contributed by atoms with Crippen molar-refractivity contribution in [3.63, 3.8) is 0 Å². The van der Waals surface area contributed by atoms with E-state index < -0.39 is 5.92 Å². The van der Waals surface area contributed by atoms with Gasteiger partial charge in [0.15, 0.2) is 0 Å². The summed E-state index contributed by atoms with van der Waals surface area (Å²) in [5.74, 6) is 0.461. The molecule has 2 fully saturated rings. The first kappa shape index (κ1) is 22.9. The van der Waals surface area contributed by atoms with Crippen molar-refractivity contribution in [2.45, 2.75) is 88.3 Å². The number of methoxy groups -OCH3 is 1. The van der Waals surface area contributed by atoms with Gasteiger partial charge in [-0.3, -0.25) is 9.59 Å². The summed E-state index contributed by atoms with van der Waals surface area (Å²) in [6.45, 7) is 0. The molecule has 2 aliphatic carbocycles. The highest BCUT2D eigenvalue weighted by Crippen LogP contribution is 2.46. The number of hydrogen-bond donors (Lipinski definition) is 1. The average molecular weight is 461 g/mol. The topological polar surface area (TPSA) is 58.6 Å². The number of carbonyl (C=O) groups is 2. The molecule has 0 aromatic heterocycles. The zero-order valence-corrected chi connectivity index (χ0v) is 20.2. The Bertz CT molecular complexity index is 1010. The van der Waals surface area contributed by atoms with Crippen molar-refractivity contribution in [3.05, 3.63) is 65.2 Å². The molecule has 5 nitrogen and oxygen atoms in total. The Hall–Kier alpha value is -2.82. The van der Waals surface area contributed by atoms with Crippen molar-refractivity contribution in [1.82, 2.24) is 10.2 Å². The molecule has 180 valence electrons. The zero-order chi connectivity index (χ0) is 23.5. The Morgan fingerprint density at radius 3 is 2.21 bits per heavy atom. The Balaban J connectivity index is 1.59. The van der Waals surface area contributed by atoms with Crippen LogP contribution in [0.15, 0.2) is 48.5 Å². The molecule has 5 rings (SSSR count). The second-order valence-corrected chi connectivity index (χ2v) is 10.1. The minimum absolute atomic E-state index is 0.0495. The maximum absolute atomic E-state index is 14.0. The maximum Gasteiger partial charge on any atom is 0.254 e. The molecule has 34 heavy (non-hydrogen) atoms. The molecule has 0 bridgehead atoms. The first-order chi connectivity index (χ1) is 16.7. The number of hydrogen-bond acceptors (Lipinski definition) is 3. The molecule has 1 N–H and O–H groups in total. The third-order valence-corrected chi connectivity index (χ3v) is 8.04. The number of benzene rings is 2. The van der Waals surface area contributed by atoms with Crippen LogP contribution >= 0.6 is 0 Å². The lowest BCUT2D eigenvalue weighted by Gasteiger charge is -2.47. The fourth-order valence-electron chi connectivity index (χ4n) is 6.29. The fraction of sp³-hybridized carbons (Fsp3) is 0.517. The number of amides is 2. The number of nitrogens with one attached hydrogen (secondary N) is 1. The third-order valence-electron chi connectivity index (χ3n) is 8.04. The molecular formula is C29H36N2O3. The van der Waals surface area contributed by atoms with Gasteiger partial charge < -0.3 is 15.0 Å². The van der Waals surface area contributed by atoms with Crippen LogP contribution in [-0.4, -0.2) is 35.9 Å². The normalized spacial score (nSPS) is 23.9. The minimum Gasteiger partial charge on any atom is -0.497 e. The van der Waals surface area contributed by atoms with Gasteiger partial charge in [0.1, 0.15) is 5.75 Å². The second kappa shape index (κ2) is 10.2. The first-order valence-electron chi connectivity index (χ1n) is 13.0. The summed E-state index contributed by atoms with van der Waals surface area (Å²) in [6, 6.07) is 15.8. The molecule has 0 radical (unpaired) electrons. The maximum atomic E-state index is 14.0. The molecule has 0 unspecified atom stereocenters. The molecule has 5 heteroatoms. The van der Waals surface area contributed by atoms with Gasteiger partial charge in [0.2, 0.25) is 5.91 Å². The van der Waals surface area contributed by atoms with Gasteiger partial charge in [-0.1, -0.05) is 68.9 Å². The van der Waals surface area contributed by atoms with Crippen LogP contribution in [0.25, 0.3) is 0 Å². The Labute approximate surface area is 202 Å². The molecule has 0 spiro atoms. The molecule has 1 heterocycles. The predicted octanol–water partition coefficient (Wildman–Crippen LogP) is 5.76. The van der Waals surface area contributed by atoms with Crippen molar-refractivity contribution in [1.29, 1.82) is 0 Å². The van der Waals surface area contributed by atoms with Crippen LogP contribution < -0.4 is 10.1 Å². The van der Waals surface area contributed by atoms with Gasteiger partial charge in [-0.15, -0.1) is 0 Å². The van der Waals surface area contributed by atoms with Crippen LogP contribution in [0.4, 0.5) is 0 Å². The van der Waals surface area contributed by atoms with Gasteiger partial charge in [0.05, 0.1) is 19.1 Å². The van der Waals surface area contributed by atoms with E-state index in [0.29, 0.717) is 5.56 Å². The monoisotopic (exact) mass is 460 g/mol. The molecule has 2 saturated carbocycles. The van der Waals surface area contributed by atoms with E-state index in [2.05, 4.69) is 10.2 Å². The van der Waals surface area contributed by atoms with E-state index in [1.807, 2.05) is 48.5 Å². The lowest BCUT2D eigenvalue weighted by atomic mass is 9.77. The standard InChI is InChI=1S/C29H36N2O3/c1-34-23-18-16-20(17-19-23)27-26(28(32)30-21-10-4-2-5-11-21)24-14-8-9-15-25(24)29(33)31(27)22-12-6-3-7-13-22/h8-9,14-19,21-22,26-27H,2-7,10-13H2,1H3,(H,30,32)/t26-,27+/m0/s1. The highest BCUT2D eigenvalue weighted by atomic mass is 16.5. The smallest absolute Gasteiger partial charge is 0.254 e. The van der Waals surface area contributed by atoms with Crippen molar-refractivity contribution >= 4 is 11.8 Å². The number of fused-ring (bicyclic) bond motifs is 1. The number of nitrogens with zero attached hydrogens (tertiary/aromatic N) is 1. The zero-order valence-electron chi connectivity index (χ0n) is 20.2. The van der Waals surface area contributed by atoms with E-state index >= 15 is 0 Å². The quantitative estimate of drug-likeness (QED) is 0.617. The highest BCUT2D eigenvalue weighted by Gasteiger charge is 2.46. The third kappa shape index (κ3) is 4.45. The van der Waals surface area contributed by atoms with E-state index in [0.717, 1.165) is 55.4 Å². The van der Waals surface area contributed by atoms with Crippen LogP contribution in [0.2, 0.25) is 0 Å². The summed E-state index contributed by atoms with van der Waals surface area (Å²) in [4.78, 5) is 30.0. The van der Waals surface area contributed by atoms with Gasteiger partial charge in [0.25, 0.3) is 5.91 Å². The van der Waals surface area contributed by atoms with Crippen LogP contribution in [0.3, 0.4) is 0 Å². The SMILES string of the molecule is COc1ccc([C@@H]2[C@@H](C(=O)NC3CCCCC3)c3ccccc3C(=O)N2C2CCCCC2)cc1. The van der Waals surface area contributed by atoms with Crippen molar-refractivity contribution in [2.24, 2.45) is 0 Å². The van der Waals surface area contributed by atoms with Crippen molar-refractivity contribution in [3.8, 4) is 5.75 Å². The van der Waals surface area contributed by atoms with Crippen molar-refractivity contribution in [2.75, 3.05) is 7.11 Å². The Kier molecular flexibility index (Phi) is 6.89. The van der Waals surface area contributed by atoms with E-state index in [4.69, 9.17) is 4.74 Å². The highest BCUT2D eigenvalue weighted by molar-refractivity contribution is 6.01. The molecule has 2 amide bonds. The summed E-state index contributed by atoms with van der Waals surface area (Å²) in [5, 5.41) is 3.39. The summed E-state index contributed by atoms with van der Waals surface area (Å²) in [7, 11) is 1.66. The first-order valence-corrected chi connectivity index (χ1v) is 13.0. The van der Waals surface area contributed by atoms with Crippen LogP contribution in [0, 0.1) is 0 Å². The summed E-state index contributed by atoms with van der Waals surface area (Å²) in [5.41, 5.74) is 2.54. The molecule has 1 aliphatic heterocycles. The number of carbonyl (C=O) groups excluding carboxylic acids is 2. The lowest BCUT2D eigenvalue weighted by molar-refractivity contribution is -0.125. The molecule has 2 aromatic rings. The summed E-state index contributed by atoms with van der Waals surface area (Å²) < 4.78 is 5.39. The van der Waals surface area contributed by atoms with Crippen molar-refractivity contribution < 1.29 is 14.3 Å². The minimum atomic E-state index is -0.425. The van der Waals surface area contributed by atoms with Gasteiger partial charge in [-0.25, -0.2) is 0 Å². The Morgan fingerprint density at radius 2 is 1.53 bits per heavy atom. The summed E-state index contributed by atoms with van der Waals surface area (Å²) >= 11 is 0. The lowest BCUT2D eigenvalue weighted by Crippen LogP contribution is -2.53. The van der Waals surface area contributed by atoms with Gasteiger partial charge >= 0.3 is 0 Å². The van der Waals surface area contributed by atoms with E-state index in [1.54, 1.807) is 7.11 Å². The largest absolute Gasteiger partial charge is 0.497 e. The van der Waals surface area contributed by atoms with E-state index in [1.165, 1.54) is 25.7 Å². The number of ether oxygens (including phenoxy) is 1. The van der Waals surface area contributed by atoms with Gasteiger partial charge in [-0.05, 0) is 55.0 Å². The predicted molar refractivity (Wildman–Crippen MR) is 133 cm³/mol. The molecule has 3 aliphatic rings. The molecule has 2 atom stereocenters. The molecular weight excluding hydrogens is 424 g/mol. The fourth-order valence-corrected chi connectivity index (χ4v) is 6.29. The summed E-state index contributed by atoms with van der Waals surface area (Å²) in [6.07, 6.45) is 11.1. The van der Waals surface area contributed by atoms with Gasteiger partial charge in [0, 0.05) is 17.6 Å². The van der Waals surface area contributed by atoms with E-state index in [9.17, 15) is 9.59 Å². The van der Waals surface area contributed by atoms with Gasteiger partial charge in [-0.2, -0.15) is 0 Å². The number of rotatable bonds is 5. The van der Waals surface area contributed by atoms with Crippen LogP contribution in [-0.2, 0) is 4.79 Å². The van der Waals surface area contributed by atoms with Crippen LogP contribution in [0.1, 0.15) is 97.7 Å².